The van der Waals surface area contributed by atoms with Gasteiger partial charge in [0.1, 0.15) is 29.8 Å². The van der Waals surface area contributed by atoms with Gasteiger partial charge in [-0.3, -0.25) is 4.79 Å². The predicted molar refractivity (Wildman–Crippen MR) is 91.0 cm³/mol. The van der Waals surface area contributed by atoms with Crippen LogP contribution in [0.4, 0.5) is 8.78 Å². The van der Waals surface area contributed by atoms with Crippen LogP contribution in [0.25, 0.3) is 10.2 Å². The molecule has 26 heavy (non-hydrogen) atoms. The number of hydrogen-bond acceptors (Lipinski definition) is 6. The summed E-state index contributed by atoms with van der Waals surface area (Å²) in [5, 5.41) is 0.544. The third-order valence-corrected chi connectivity index (χ3v) is 5.75. The summed E-state index contributed by atoms with van der Waals surface area (Å²) in [6.45, 7) is -0.894. The van der Waals surface area contributed by atoms with Gasteiger partial charge in [0.15, 0.2) is 4.90 Å². The van der Waals surface area contributed by atoms with Gasteiger partial charge in [0.05, 0.1) is 10.2 Å². The van der Waals surface area contributed by atoms with Crippen LogP contribution in [0.1, 0.15) is 5.01 Å². The van der Waals surface area contributed by atoms with E-state index in [4.69, 9.17) is 4.74 Å². The van der Waals surface area contributed by atoms with Crippen LogP contribution < -0.4 is 4.72 Å². The number of sulfonamides is 1. The van der Waals surface area contributed by atoms with Crippen LogP contribution in [-0.2, 0) is 26.2 Å². The monoisotopic (exact) mass is 398 g/mol. The Bertz CT molecular complexity index is 1010. The summed E-state index contributed by atoms with van der Waals surface area (Å²) >= 11 is 1.34. The number of thiazole rings is 1. The minimum absolute atomic E-state index is 0.131. The van der Waals surface area contributed by atoms with E-state index in [0.29, 0.717) is 5.01 Å². The fraction of sp³-hybridized carbons (Fsp3) is 0.125. The molecule has 3 rings (SSSR count). The molecule has 6 nitrogen and oxygen atoms in total. The van der Waals surface area contributed by atoms with Crippen molar-refractivity contribution in [2.24, 2.45) is 0 Å². The first-order valence-electron chi connectivity index (χ1n) is 7.30. The van der Waals surface area contributed by atoms with Crippen LogP contribution in [0.15, 0.2) is 47.4 Å². The smallest absolute Gasteiger partial charge is 0.321 e. The van der Waals surface area contributed by atoms with Gasteiger partial charge in [-0.05, 0) is 24.3 Å². The van der Waals surface area contributed by atoms with Gasteiger partial charge in [-0.25, -0.2) is 22.2 Å². The van der Waals surface area contributed by atoms with Crippen LogP contribution in [0.2, 0.25) is 0 Å². The first kappa shape index (κ1) is 18.4. The second-order valence-electron chi connectivity index (χ2n) is 5.11. The molecule has 0 amide bonds. The number of nitrogens with one attached hydrogen (secondary N) is 1. The van der Waals surface area contributed by atoms with Gasteiger partial charge >= 0.3 is 5.97 Å². The number of nitrogens with zero attached hydrogens (tertiary/aromatic N) is 1. The minimum Gasteiger partial charge on any atom is -0.457 e. The Balaban J connectivity index is 1.60. The van der Waals surface area contributed by atoms with Crippen LogP contribution in [0, 0.1) is 11.6 Å². The normalized spacial score (nSPS) is 11.6. The van der Waals surface area contributed by atoms with Gasteiger partial charge in [0, 0.05) is 0 Å². The first-order valence-corrected chi connectivity index (χ1v) is 9.60. The zero-order valence-electron chi connectivity index (χ0n) is 13.1. The molecule has 0 bridgehead atoms. The molecule has 0 unspecified atom stereocenters. The van der Waals surface area contributed by atoms with E-state index in [-0.39, 0.29) is 6.61 Å². The summed E-state index contributed by atoms with van der Waals surface area (Å²) in [7, 11) is -4.53. The Kier molecular flexibility index (Phi) is 5.25. The molecule has 0 aliphatic carbocycles. The van der Waals surface area contributed by atoms with E-state index < -0.39 is 39.1 Å². The zero-order valence-corrected chi connectivity index (χ0v) is 14.7. The first-order chi connectivity index (χ1) is 12.4. The predicted octanol–water partition coefficient (Wildman–Crippen LogP) is 2.60. The number of esters is 1. The number of ether oxygens (including phenoxy) is 1. The SMILES string of the molecule is O=C(CNS(=O)(=O)c1c(F)cccc1F)OCc1nc2ccccc2s1. The van der Waals surface area contributed by atoms with Gasteiger partial charge in [0.2, 0.25) is 10.0 Å². The Morgan fingerprint density at radius 2 is 1.81 bits per heavy atom. The summed E-state index contributed by atoms with van der Waals surface area (Å²) < 4.78 is 58.7. The molecule has 0 radical (unpaired) electrons. The number of carbonyl (C=O) groups is 1. The van der Waals surface area contributed by atoms with Crippen molar-refractivity contribution >= 4 is 37.5 Å². The van der Waals surface area contributed by atoms with Crippen molar-refractivity contribution in [1.82, 2.24) is 9.71 Å². The molecular formula is C16H12F2N2O4S2. The highest BCUT2D eigenvalue weighted by molar-refractivity contribution is 7.89. The van der Waals surface area contributed by atoms with Crippen molar-refractivity contribution in [3.8, 4) is 0 Å². The molecule has 0 saturated carbocycles. The lowest BCUT2D eigenvalue weighted by Gasteiger charge is -2.08. The highest BCUT2D eigenvalue weighted by Gasteiger charge is 2.24. The van der Waals surface area contributed by atoms with E-state index in [1.54, 1.807) is 0 Å². The molecule has 2 aromatic carbocycles. The highest BCUT2D eigenvalue weighted by Crippen LogP contribution is 2.22. The second-order valence-corrected chi connectivity index (χ2v) is 7.93. The van der Waals surface area contributed by atoms with E-state index in [1.165, 1.54) is 11.3 Å². The summed E-state index contributed by atoms with van der Waals surface area (Å²) in [6, 6.07) is 10.0. The van der Waals surface area contributed by atoms with Crippen molar-refractivity contribution in [3.63, 3.8) is 0 Å². The Labute approximate surface area is 151 Å². The Morgan fingerprint density at radius 1 is 1.12 bits per heavy atom. The van der Waals surface area contributed by atoms with Crippen molar-refractivity contribution in [2.75, 3.05) is 6.54 Å². The maximum Gasteiger partial charge on any atom is 0.321 e. The molecule has 136 valence electrons. The van der Waals surface area contributed by atoms with E-state index >= 15 is 0 Å². The number of carbonyl (C=O) groups excluding carboxylic acids is 1. The number of benzene rings is 2. The average molecular weight is 398 g/mol. The van der Waals surface area contributed by atoms with E-state index in [9.17, 15) is 22.0 Å². The van der Waals surface area contributed by atoms with E-state index in [2.05, 4.69) is 4.98 Å². The standard InChI is InChI=1S/C16H12F2N2O4S2/c17-10-4-3-5-11(18)16(10)26(22,23)19-8-15(21)24-9-14-20-12-6-1-2-7-13(12)25-14/h1-7,19H,8-9H2. The summed E-state index contributed by atoms with van der Waals surface area (Å²) in [6.07, 6.45) is 0. The molecule has 0 fully saturated rings. The van der Waals surface area contributed by atoms with Crippen LogP contribution >= 0.6 is 11.3 Å². The quantitative estimate of drug-likeness (QED) is 0.645. The molecule has 1 aromatic heterocycles. The molecule has 0 spiro atoms. The number of aromatic nitrogens is 1. The fourth-order valence-electron chi connectivity index (χ4n) is 2.14. The molecule has 1 heterocycles. The van der Waals surface area contributed by atoms with Crippen molar-refractivity contribution in [2.45, 2.75) is 11.5 Å². The Hall–Kier alpha value is -2.43. The van der Waals surface area contributed by atoms with Crippen LogP contribution in [-0.4, -0.2) is 25.9 Å². The van der Waals surface area contributed by atoms with Gasteiger partial charge in [-0.15, -0.1) is 11.3 Å². The molecule has 3 aromatic rings. The molecule has 1 N–H and O–H groups in total. The lowest BCUT2D eigenvalue weighted by Crippen LogP contribution is -2.31. The van der Waals surface area contributed by atoms with Gasteiger partial charge in [0.25, 0.3) is 0 Å². The van der Waals surface area contributed by atoms with Crippen molar-refractivity contribution < 1.29 is 26.7 Å². The lowest BCUT2D eigenvalue weighted by atomic mass is 10.3. The molecule has 0 saturated heterocycles. The maximum absolute atomic E-state index is 13.6. The topological polar surface area (TPSA) is 85.4 Å². The summed E-state index contributed by atoms with van der Waals surface area (Å²) in [4.78, 5) is 14.8. The van der Waals surface area contributed by atoms with Crippen molar-refractivity contribution in [1.29, 1.82) is 0 Å². The third-order valence-electron chi connectivity index (χ3n) is 3.29. The summed E-state index contributed by atoms with van der Waals surface area (Å²) in [5.74, 6) is -3.40. The third kappa shape index (κ3) is 4.03. The Morgan fingerprint density at radius 3 is 2.50 bits per heavy atom. The number of halogens is 2. The van der Waals surface area contributed by atoms with Crippen LogP contribution in [0.3, 0.4) is 0 Å². The van der Waals surface area contributed by atoms with E-state index in [1.807, 2.05) is 29.0 Å². The molecule has 0 aliphatic heterocycles. The largest absolute Gasteiger partial charge is 0.457 e. The molecule has 0 aliphatic rings. The fourth-order valence-corrected chi connectivity index (χ4v) is 4.12. The summed E-state index contributed by atoms with van der Waals surface area (Å²) in [5.41, 5.74) is 0.763. The minimum atomic E-state index is -4.53. The molecule has 0 atom stereocenters. The molecule has 10 heteroatoms. The zero-order chi connectivity index (χ0) is 18.7. The number of rotatable bonds is 6. The lowest BCUT2D eigenvalue weighted by molar-refractivity contribution is -0.143. The number of fused-ring (bicyclic) bond motifs is 1. The number of hydrogen-bond donors (Lipinski definition) is 1. The van der Waals surface area contributed by atoms with E-state index in [0.717, 1.165) is 28.4 Å². The van der Waals surface area contributed by atoms with Crippen LogP contribution in [0.5, 0.6) is 0 Å². The average Bonchev–Trinajstić information content (AvgIpc) is 3.01. The second kappa shape index (κ2) is 7.44. The number of para-hydroxylation sites is 1. The maximum atomic E-state index is 13.6. The molecular weight excluding hydrogens is 386 g/mol. The van der Waals surface area contributed by atoms with Gasteiger partial charge in [-0.1, -0.05) is 18.2 Å². The highest BCUT2D eigenvalue weighted by atomic mass is 32.2. The van der Waals surface area contributed by atoms with Crippen molar-refractivity contribution in [3.05, 3.63) is 59.1 Å². The van der Waals surface area contributed by atoms with Gasteiger partial charge in [-0.2, -0.15) is 4.72 Å². The van der Waals surface area contributed by atoms with Gasteiger partial charge < -0.3 is 4.74 Å².